The van der Waals surface area contributed by atoms with Crippen molar-refractivity contribution < 1.29 is 18.7 Å². The third-order valence-electron chi connectivity index (χ3n) is 5.71. The van der Waals surface area contributed by atoms with E-state index < -0.39 is 22.5 Å². The molecule has 2 aromatic carbocycles. The minimum absolute atomic E-state index is 0.147. The maximum atomic E-state index is 12.8. The Morgan fingerprint density at radius 3 is 1.88 bits per heavy atom. The molecule has 0 amide bonds. The summed E-state index contributed by atoms with van der Waals surface area (Å²) in [4.78, 5) is 12.8. The SMILES string of the molecule is CCOC(=O)[C@H](CO[Si](c1ccccc1)(c1ccccc1)C(C)(C)C)OC/C=C\C[Si](C)(C)C. The zero-order chi connectivity index (χ0) is 25.2. The van der Waals surface area contributed by atoms with Crippen LogP contribution in [0.5, 0.6) is 0 Å². The highest BCUT2D eigenvalue weighted by molar-refractivity contribution is 6.99. The van der Waals surface area contributed by atoms with Gasteiger partial charge in [0.05, 0.1) is 19.8 Å². The monoisotopic (exact) mass is 498 g/mol. The number of carbonyl (C=O) groups is 1. The fourth-order valence-corrected chi connectivity index (χ4v) is 9.49. The predicted molar refractivity (Wildman–Crippen MR) is 147 cm³/mol. The van der Waals surface area contributed by atoms with Gasteiger partial charge in [0.1, 0.15) is 0 Å². The number of benzene rings is 2. The van der Waals surface area contributed by atoms with Gasteiger partial charge in [-0.25, -0.2) is 4.79 Å². The van der Waals surface area contributed by atoms with Crippen LogP contribution >= 0.6 is 0 Å². The summed E-state index contributed by atoms with van der Waals surface area (Å²) in [6.45, 7) is 16.3. The molecule has 0 saturated carbocycles. The second-order valence-corrected chi connectivity index (χ2v) is 20.6. The van der Waals surface area contributed by atoms with E-state index in [1.165, 1.54) is 10.4 Å². The van der Waals surface area contributed by atoms with Crippen molar-refractivity contribution in [1.82, 2.24) is 0 Å². The third kappa shape index (κ3) is 7.77. The molecular weight excluding hydrogens is 456 g/mol. The van der Waals surface area contributed by atoms with E-state index in [4.69, 9.17) is 13.9 Å². The molecule has 1 atom stereocenters. The van der Waals surface area contributed by atoms with Crippen molar-refractivity contribution in [1.29, 1.82) is 0 Å². The standard InChI is InChI=1S/C28H42O4Si2/c1-8-30-27(29)26(31-21-15-16-22-33(5,6)7)23-32-34(28(2,3)4,24-17-11-9-12-18-24)25-19-13-10-14-20-25/h9-20,26H,8,21-23H2,1-7H3/b16-15-/t26-/m0/s1. The lowest BCUT2D eigenvalue weighted by Crippen LogP contribution is -2.67. The number of esters is 1. The average molecular weight is 499 g/mol. The fourth-order valence-electron chi connectivity index (χ4n) is 4.06. The van der Waals surface area contributed by atoms with E-state index in [0.717, 1.165) is 6.04 Å². The van der Waals surface area contributed by atoms with Gasteiger partial charge < -0.3 is 13.9 Å². The Bertz CT molecular complexity index is 860. The van der Waals surface area contributed by atoms with E-state index in [-0.39, 0.29) is 17.6 Å². The molecule has 186 valence electrons. The molecule has 0 bridgehead atoms. The van der Waals surface area contributed by atoms with Crippen LogP contribution in [-0.4, -0.2) is 48.3 Å². The normalized spacial score (nSPS) is 13.7. The maximum absolute atomic E-state index is 12.8. The Morgan fingerprint density at radius 1 is 0.912 bits per heavy atom. The maximum Gasteiger partial charge on any atom is 0.337 e. The fraction of sp³-hybridized carbons (Fsp3) is 0.464. The number of hydrogen-bond donors (Lipinski definition) is 0. The van der Waals surface area contributed by atoms with E-state index in [1.54, 1.807) is 0 Å². The van der Waals surface area contributed by atoms with Crippen molar-refractivity contribution in [3.63, 3.8) is 0 Å². The molecule has 4 nitrogen and oxygen atoms in total. The summed E-state index contributed by atoms with van der Waals surface area (Å²) in [6.07, 6.45) is 3.39. The van der Waals surface area contributed by atoms with Crippen LogP contribution in [-0.2, 0) is 18.7 Å². The van der Waals surface area contributed by atoms with Gasteiger partial charge >= 0.3 is 5.97 Å². The van der Waals surface area contributed by atoms with E-state index in [9.17, 15) is 4.79 Å². The van der Waals surface area contributed by atoms with Gasteiger partial charge in [-0.15, -0.1) is 0 Å². The molecule has 0 fully saturated rings. The summed E-state index contributed by atoms with van der Waals surface area (Å²) in [5.41, 5.74) is 0. The molecular formula is C28H42O4Si2. The number of rotatable bonds is 12. The van der Waals surface area contributed by atoms with E-state index >= 15 is 0 Å². The number of carbonyl (C=O) groups excluding carboxylic acids is 1. The van der Waals surface area contributed by atoms with Gasteiger partial charge in [0.2, 0.25) is 0 Å². The second-order valence-electron chi connectivity index (χ2n) is 10.8. The quantitative estimate of drug-likeness (QED) is 0.223. The van der Waals surface area contributed by atoms with Gasteiger partial charge in [-0.3, -0.25) is 0 Å². The lowest BCUT2D eigenvalue weighted by Gasteiger charge is -2.43. The zero-order valence-electron chi connectivity index (χ0n) is 22.0. The van der Waals surface area contributed by atoms with Crippen molar-refractivity contribution in [2.24, 2.45) is 0 Å². The summed E-state index contributed by atoms with van der Waals surface area (Å²) in [5.74, 6) is -0.376. The molecule has 2 aromatic rings. The predicted octanol–water partition coefficient (Wildman–Crippen LogP) is 5.41. The van der Waals surface area contributed by atoms with Crippen LogP contribution in [0.1, 0.15) is 27.7 Å². The lowest BCUT2D eigenvalue weighted by molar-refractivity contribution is -0.158. The van der Waals surface area contributed by atoms with Gasteiger partial charge in [0.15, 0.2) is 6.10 Å². The third-order valence-corrected chi connectivity index (χ3v) is 12.2. The van der Waals surface area contributed by atoms with Gasteiger partial charge in [0.25, 0.3) is 8.32 Å². The van der Waals surface area contributed by atoms with Crippen molar-refractivity contribution in [2.45, 2.75) is 64.5 Å². The summed E-state index contributed by atoms with van der Waals surface area (Å²) in [5, 5.41) is 2.17. The van der Waals surface area contributed by atoms with E-state index in [2.05, 4.69) is 95.0 Å². The molecule has 0 aliphatic carbocycles. The molecule has 2 rings (SSSR count). The molecule has 0 saturated heterocycles. The van der Waals surface area contributed by atoms with Crippen molar-refractivity contribution in [3.05, 3.63) is 72.8 Å². The van der Waals surface area contributed by atoms with E-state index in [0.29, 0.717) is 13.2 Å². The first-order valence-corrected chi connectivity index (χ1v) is 17.8. The average Bonchev–Trinajstić information content (AvgIpc) is 2.77. The molecule has 0 spiro atoms. The summed E-state index contributed by atoms with van der Waals surface area (Å²) < 4.78 is 18.2. The van der Waals surface area contributed by atoms with Crippen LogP contribution in [0.15, 0.2) is 72.8 Å². The lowest BCUT2D eigenvalue weighted by atomic mass is 10.2. The molecule has 0 aliphatic heterocycles. The van der Waals surface area contributed by atoms with Crippen LogP contribution in [0.2, 0.25) is 30.7 Å². The smallest absolute Gasteiger partial charge is 0.337 e. The molecule has 0 aromatic heterocycles. The van der Waals surface area contributed by atoms with Crippen molar-refractivity contribution in [2.75, 3.05) is 19.8 Å². The first-order valence-electron chi connectivity index (χ1n) is 12.2. The molecule has 0 heterocycles. The highest BCUT2D eigenvalue weighted by Gasteiger charge is 2.50. The molecule has 0 aliphatic rings. The summed E-state index contributed by atoms with van der Waals surface area (Å²) in [7, 11) is -3.92. The zero-order valence-corrected chi connectivity index (χ0v) is 24.0. The Labute approximate surface area is 208 Å². The minimum Gasteiger partial charge on any atom is -0.464 e. The second kappa shape index (κ2) is 12.6. The summed E-state index contributed by atoms with van der Waals surface area (Å²) in [6, 6.07) is 21.9. The van der Waals surface area contributed by atoms with Gasteiger partial charge in [-0.05, 0) is 28.4 Å². The van der Waals surface area contributed by atoms with Gasteiger partial charge in [-0.1, -0.05) is 113 Å². The summed E-state index contributed by atoms with van der Waals surface area (Å²) >= 11 is 0. The van der Waals surface area contributed by atoms with E-state index in [1.807, 2.05) is 25.1 Å². The van der Waals surface area contributed by atoms with Gasteiger partial charge in [0, 0.05) is 8.07 Å². The Morgan fingerprint density at radius 2 is 1.44 bits per heavy atom. The molecule has 6 heteroatoms. The van der Waals surface area contributed by atoms with Crippen molar-refractivity contribution >= 4 is 32.7 Å². The number of allylic oxidation sites excluding steroid dienone is 1. The Kier molecular flexibility index (Phi) is 10.5. The first kappa shape index (κ1) is 28.2. The van der Waals surface area contributed by atoms with Gasteiger partial charge in [-0.2, -0.15) is 0 Å². The van der Waals surface area contributed by atoms with Crippen LogP contribution < -0.4 is 10.4 Å². The largest absolute Gasteiger partial charge is 0.464 e. The first-order chi connectivity index (χ1) is 16.0. The van der Waals surface area contributed by atoms with Crippen LogP contribution in [0.3, 0.4) is 0 Å². The van der Waals surface area contributed by atoms with Crippen LogP contribution in [0.4, 0.5) is 0 Å². The molecule has 34 heavy (non-hydrogen) atoms. The molecule has 0 radical (unpaired) electrons. The number of hydrogen-bond acceptors (Lipinski definition) is 4. The van der Waals surface area contributed by atoms with Crippen molar-refractivity contribution in [3.8, 4) is 0 Å². The molecule has 0 unspecified atom stereocenters. The molecule has 0 N–H and O–H groups in total. The topological polar surface area (TPSA) is 44.8 Å². The number of ether oxygens (including phenoxy) is 2. The highest BCUT2D eigenvalue weighted by Crippen LogP contribution is 2.36. The Hall–Kier alpha value is -2.00. The Balaban J connectivity index is 2.35. The van der Waals surface area contributed by atoms with Crippen LogP contribution in [0, 0.1) is 0 Å². The van der Waals surface area contributed by atoms with Crippen LogP contribution in [0.25, 0.3) is 0 Å². The highest BCUT2D eigenvalue weighted by atomic mass is 28.4. The minimum atomic E-state index is -2.76.